The van der Waals surface area contributed by atoms with E-state index in [0.717, 1.165) is 70.8 Å². The quantitative estimate of drug-likeness (QED) is 0.465. The molecule has 1 atom stereocenters. The highest BCUT2D eigenvalue weighted by Crippen LogP contribution is 2.27. The highest BCUT2D eigenvalue weighted by atomic mass is 16.3. The van der Waals surface area contributed by atoms with E-state index >= 15 is 0 Å². The number of guanidine groups is 1. The predicted octanol–water partition coefficient (Wildman–Crippen LogP) is 2.10. The van der Waals surface area contributed by atoms with Gasteiger partial charge in [0.2, 0.25) is 5.91 Å². The van der Waals surface area contributed by atoms with Gasteiger partial charge in [-0.3, -0.25) is 14.7 Å². The predicted molar refractivity (Wildman–Crippen MR) is 127 cm³/mol. The van der Waals surface area contributed by atoms with Crippen LogP contribution < -0.4 is 10.6 Å². The van der Waals surface area contributed by atoms with Crippen LogP contribution >= 0.6 is 0 Å². The number of likely N-dealkylation sites (tertiary alicyclic amines) is 2. The summed E-state index contributed by atoms with van der Waals surface area (Å²) in [6.07, 6.45) is 7.14. The number of aliphatic hydroxyl groups excluding tert-OH is 1. The van der Waals surface area contributed by atoms with Crippen LogP contribution in [0.15, 0.2) is 29.3 Å². The Labute approximate surface area is 192 Å². The lowest BCUT2D eigenvalue weighted by Gasteiger charge is -2.29. The smallest absolute Gasteiger partial charge is 0.225 e. The van der Waals surface area contributed by atoms with Crippen molar-refractivity contribution >= 4 is 11.9 Å². The molecule has 7 heteroatoms. The summed E-state index contributed by atoms with van der Waals surface area (Å²) >= 11 is 0. The number of nitrogens with one attached hydrogen (secondary N) is 2. The normalized spacial score (nSPS) is 23.6. The van der Waals surface area contributed by atoms with Gasteiger partial charge in [0, 0.05) is 58.3 Å². The number of carbonyl (C=O) groups excluding carboxylic acids is 1. The molecule has 0 spiro atoms. The third-order valence-electron chi connectivity index (χ3n) is 7.21. The molecule has 7 nitrogen and oxygen atoms in total. The number of carbonyl (C=O) groups is 1. The summed E-state index contributed by atoms with van der Waals surface area (Å²) in [5.41, 5.74) is 2.53. The molecule has 3 aliphatic rings. The van der Waals surface area contributed by atoms with Crippen LogP contribution in [0.5, 0.6) is 0 Å². The fourth-order valence-electron chi connectivity index (χ4n) is 5.18. The van der Waals surface area contributed by atoms with Crippen LogP contribution in [0.25, 0.3) is 0 Å². The second-order valence-corrected chi connectivity index (χ2v) is 9.65. The largest absolute Gasteiger partial charge is 0.393 e. The number of aliphatic imine (C=N–C) groups is 1. The van der Waals surface area contributed by atoms with Crippen LogP contribution in [0.4, 0.5) is 0 Å². The molecule has 3 fully saturated rings. The number of rotatable bonds is 6. The summed E-state index contributed by atoms with van der Waals surface area (Å²) < 4.78 is 0. The molecule has 2 heterocycles. The summed E-state index contributed by atoms with van der Waals surface area (Å²) in [5.74, 6) is 1.41. The molecule has 2 aliphatic heterocycles. The van der Waals surface area contributed by atoms with E-state index in [-0.39, 0.29) is 18.1 Å². The zero-order chi connectivity index (χ0) is 22.3. The molecule has 0 bridgehead atoms. The maximum absolute atomic E-state index is 12.7. The number of piperidine rings is 1. The molecule has 1 amide bonds. The van der Waals surface area contributed by atoms with Gasteiger partial charge in [-0.05, 0) is 43.2 Å². The minimum atomic E-state index is -0.122. The van der Waals surface area contributed by atoms with Crippen LogP contribution in [-0.2, 0) is 17.9 Å². The number of amides is 1. The van der Waals surface area contributed by atoms with E-state index in [0.29, 0.717) is 12.5 Å². The highest BCUT2D eigenvalue weighted by Gasteiger charge is 2.32. The Bertz CT molecular complexity index is 767. The Hall–Kier alpha value is -2.12. The standard InChI is InChI=1S/C25H39N5O2/c1-26-25(28-22-10-15-30(18-22)24(32)21-4-2-3-5-21)27-16-19-6-8-20(9-7-19)17-29-13-11-23(31)12-14-29/h6-9,21-23,31H,2-5,10-18H2,1H3,(H2,26,27,28). The van der Waals surface area contributed by atoms with Crippen molar-refractivity contribution in [2.75, 3.05) is 33.2 Å². The van der Waals surface area contributed by atoms with Crippen LogP contribution in [0.3, 0.4) is 0 Å². The third kappa shape index (κ3) is 6.23. The van der Waals surface area contributed by atoms with Gasteiger partial charge in [0.25, 0.3) is 0 Å². The van der Waals surface area contributed by atoms with Gasteiger partial charge in [0.15, 0.2) is 5.96 Å². The monoisotopic (exact) mass is 441 g/mol. The second kappa shape index (κ2) is 11.1. The summed E-state index contributed by atoms with van der Waals surface area (Å²) in [6, 6.07) is 9.00. The van der Waals surface area contributed by atoms with Gasteiger partial charge >= 0.3 is 0 Å². The van der Waals surface area contributed by atoms with Crippen molar-refractivity contribution in [1.29, 1.82) is 0 Å². The Morgan fingerprint density at radius 3 is 2.41 bits per heavy atom. The van der Waals surface area contributed by atoms with Gasteiger partial charge in [0.1, 0.15) is 0 Å². The molecule has 1 unspecified atom stereocenters. The van der Waals surface area contributed by atoms with Crippen molar-refractivity contribution in [2.24, 2.45) is 10.9 Å². The van der Waals surface area contributed by atoms with Crippen LogP contribution in [0.2, 0.25) is 0 Å². The van der Waals surface area contributed by atoms with Gasteiger partial charge in [-0.15, -0.1) is 0 Å². The lowest BCUT2D eigenvalue weighted by molar-refractivity contribution is -0.134. The maximum atomic E-state index is 12.7. The topological polar surface area (TPSA) is 80.2 Å². The van der Waals surface area contributed by atoms with Crippen molar-refractivity contribution in [1.82, 2.24) is 20.4 Å². The van der Waals surface area contributed by atoms with E-state index in [9.17, 15) is 9.90 Å². The molecule has 176 valence electrons. The summed E-state index contributed by atoms with van der Waals surface area (Å²) in [6.45, 7) is 5.23. The van der Waals surface area contributed by atoms with Crippen LogP contribution in [0.1, 0.15) is 56.1 Å². The van der Waals surface area contributed by atoms with E-state index in [1.165, 1.54) is 24.0 Å². The van der Waals surface area contributed by atoms with E-state index in [1.54, 1.807) is 7.05 Å². The zero-order valence-corrected chi connectivity index (χ0v) is 19.4. The summed E-state index contributed by atoms with van der Waals surface area (Å²) in [5, 5.41) is 16.6. The molecule has 32 heavy (non-hydrogen) atoms. The lowest BCUT2D eigenvalue weighted by Crippen LogP contribution is -2.45. The highest BCUT2D eigenvalue weighted by molar-refractivity contribution is 5.81. The Morgan fingerprint density at radius 1 is 1.03 bits per heavy atom. The van der Waals surface area contributed by atoms with Gasteiger partial charge in [-0.2, -0.15) is 0 Å². The Morgan fingerprint density at radius 2 is 1.72 bits per heavy atom. The lowest BCUT2D eigenvalue weighted by atomic mass is 10.1. The van der Waals surface area contributed by atoms with Gasteiger partial charge in [0.05, 0.1) is 6.10 Å². The fourth-order valence-corrected chi connectivity index (χ4v) is 5.18. The van der Waals surface area contributed by atoms with Gasteiger partial charge in [-0.25, -0.2) is 0 Å². The first-order valence-corrected chi connectivity index (χ1v) is 12.3. The fraction of sp³-hybridized carbons (Fsp3) is 0.680. The van der Waals surface area contributed by atoms with Crippen LogP contribution in [-0.4, -0.2) is 72.1 Å². The third-order valence-corrected chi connectivity index (χ3v) is 7.21. The molecule has 4 rings (SSSR count). The Balaban J connectivity index is 1.19. The molecule has 0 aromatic heterocycles. The molecular formula is C25H39N5O2. The maximum Gasteiger partial charge on any atom is 0.225 e. The van der Waals surface area contributed by atoms with E-state index in [2.05, 4.69) is 44.8 Å². The minimum Gasteiger partial charge on any atom is -0.393 e. The number of hydrogen-bond acceptors (Lipinski definition) is 4. The summed E-state index contributed by atoms with van der Waals surface area (Å²) in [4.78, 5) is 21.5. The van der Waals surface area contributed by atoms with E-state index < -0.39 is 0 Å². The van der Waals surface area contributed by atoms with Crippen molar-refractivity contribution in [3.8, 4) is 0 Å². The number of nitrogens with zero attached hydrogens (tertiary/aromatic N) is 3. The first kappa shape index (κ1) is 23.1. The van der Waals surface area contributed by atoms with Gasteiger partial charge in [-0.1, -0.05) is 37.1 Å². The molecule has 0 radical (unpaired) electrons. The van der Waals surface area contributed by atoms with Crippen molar-refractivity contribution in [3.63, 3.8) is 0 Å². The molecular weight excluding hydrogens is 402 g/mol. The molecule has 2 saturated heterocycles. The zero-order valence-electron chi connectivity index (χ0n) is 19.4. The van der Waals surface area contributed by atoms with E-state index in [4.69, 9.17) is 0 Å². The number of hydrogen-bond donors (Lipinski definition) is 3. The first-order valence-electron chi connectivity index (χ1n) is 12.3. The van der Waals surface area contributed by atoms with Crippen molar-refractivity contribution in [3.05, 3.63) is 35.4 Å². The molecule has 1 aromatic rings. The molecule has 1 saturated carbocycles. The Kier molecular flexibility index (Phi) is 8.03. The number of aliphatic hydroxyl groups is 1. The molecule has 3 N–H and O–H groups in total. The van der Waals surface area contributed by atoms with Crippen molar-refractivity contribution in [2.45, 2.75) is 70.2 Å². The average Bonchev–Trinajstić information content (AvgIpc) is 3.51. The molecule has 1 aromatic carbocycles. The first-order chi connectivity index (χ1) is 15.6. The van der Waals surface area contributed by atoms with Gasteiger partial charge < -0.3 is 20.6 Å². The van der Waals surface area contributed by atoms with E-state index in [1.807, 2.05) is 4.90 Å². The SMILES string of the molecule is CN=C(NCc1ccc(CN2CCC(O)CC2)cc1)NC1CCN(C(=O)C2CCCC2)C1. The summed E-state index contributed by atoms with van der Waals surface area (Å²) in [7, 11) is 1.80. The number of benzene rings is 1. The van der Waals surface area contributed by atoms with Crippen LogP contribution in [0, 0.1) is 5.92 Å². The molecule has 1 aliphatic carbocycles. The van der Waals surface area contributed by atoms with Crippen molar-refractivity contribution < 1.29 is 9.90 Å². The minimum absolute atomic E-state index is 0.122. The average molecular weight is 442 g/mol. The second-order valence-electron chi connectivity index (χ2n) is 9.65.